The number of ether oxygens (including phenoxy) is 1. The van der Waals surface area contributed by atoms with Crippen molar-refractivity contribution in [3.8, 4) is 11.8 Å². The third-order valence-electron chi connectivity index (χ3n) is 6.72. The van der Waals surface area contributed by atoms with E-state index in [0.717, 1.165) is 38.5 Å². The Morgan fingerprint density at radius 3 is 2.52 bits per heavy atom. The topological polar surface area (TPSA) is 26.3 Å². The number of carbonyl (C=O) groups excluding carboxylic acids is 1. The van der Waals surface area contributed by atoms with Crippen LogP contribution in [0.2, 0.25) is 0 Å². The molecule has 31 heavy (non-hydrogen) atoms. The van der Waals surface area contributed by atoms with Crippen LogP contribution in [0.25, 0.3) is 0 Å². The van der Waals surface area contributed by atoms with Crippen molar-refractivity contribution in [2.45, 2.75) is 103 Å². The minimum absolute atomic E-state index is 0.0220. The number of hydrogen-bond donors (Lipinski definition) is 0. The fourth-order valence-electron chi connectivity index (χ4n) is 4.68. The van der Waals surface area contributed by atoms with Gasteiger partial charge in [0.15, 0.2) is 0 Å². The van der Waals surface area contributed by atoms with Gasteiger partial charge < -0.3 is 4.74 Å². The average molecular weight is 423 g/mol. The molecule has 0 spiro atoms. The molecule has 1 aliphatic rings. The fraction of sp³-hybridized carbons (Fsp3) is 0.621. The van der Waals surface area contributed by atoms with Crippen LogP contribution in [-0.4, -0.2) is 12.1 Å². The van der Waals surface area contributed by atoms with Gasteiger partial charge in [0.1, 0.15) is 6.10 Å². The zero-order valence-electron chi connectivity index (χ0n) is 20.2. The highest BCUT2D eigenvalue weighted by Crippen LogP contribution is 2.43. The van der Waals surface area contributed by atoms with Crippen LogP contribution >= 0.6 is 0 Å². The molecule has 0 unspecified atom stereocenters. The molecule has 0 aliphatic heterocycles. The number of rotatable bonds is 10. The van der Waals surface area contributed by atoms with Gasteiger partial charge in [0.25, 0.3) is 0 Å². The number of hydrogen-bond acceptors (Lipinski definition) is 2. The Morgan fingerprint density at radius 2 is 1.81 bits per heavy atom. The van der Waals surface area contributed by atoms with Crippen LogP contribution in [0.5, 0.6) is 0 Å². The van der Waals surface area contributed by atoms with Crippen LogP contribution in [0.3, 0.4) is 0 Å². The van der Waals surface area contributed by atoms with Crippen molar-refractivity contribution in [3.05, 3.63) is 48.0 Å². The molecule has 0 amide bonds. The number of benzene rings is 1. The molecule has 1 aromatic carbocycles. The second-order valence-corrected chi connectivity index (χ2v) is 9.69. The van der Waals surface area contributed by atoms with E-state index in [0.29, 0.717) is 11.8 Å². The summed E-state index contributed by atoms with van der Waals surface area (Å²) in [4.78, 5) is 12.5. The minimum Gasteiger partial charge on any atom is -0.459 e. The van der Waals surface area contributed by atoms with Crippen molar-refractivity contribution >= 4 is 5.97 Å². The Balaban J connectivity index is 1.84. The molecule has 0 radical (unpaired) electrons. The van der Waals surface area contributed by atoms with Crippen LogP contribution in [-0.2, 0) is 14.9 Å². The van der Waals surface area contributed by atoms with E-state index in [2.05, 4.69) is 69.9 Å². The number of allylic oxidation sites excluding steroid dienone is 1. The Labute approximate surface area is 190 Å². The summed E-state index contributed by atoms with van der Waals surface area (Å²) in [7, 11) is 0. The van der Waals surface area contributed by atoms with Gasteiger partial charge in [-0.25, -0.2) is 4.79 Å². The lowest BCUT2D eigenvalue weighted by Crippen LogP contribution is -2.43. The van der Waals surface area contributed by atoms with Gasteiger partial charge in [-0.2, -0.15) is 0 Å². The first-order valence-electron chi connectivity index (χ1n) is 12.3. The summed E-state index contributed by atoms with van der Waals surface area (Å²) in [5.74, 6) is 7.23. The zero-order valence-corrected chi connectivity index (χ0v) is 20.2. The highest BCUT2D eigenvalue weighted by Gasteiger charge is 2.41. The standard InChI is InChI=1S/C29H42O2/c1-5-6-7-8-9-10-11-12-13-17-20-28(30)31-27-23-24(2)21-22-26(27)29(3,4)25-18-15-14-16-19-25/h14-20,24,26-27H,5-8,11-13,21-23H2,1-4H3/b20-17+/t24-,26-,27-/m1/s1. The van der Waals surface area contributed by atoms with Crippen LogP contribution in [0.4, 0.5) is 0 Å². The molecule has 3 atom stereocenters. The smallest absolute Gasteiger partial charge is 0.330 e. The normalized spacial score (nSPS) is 21.5. The SMILES string of the molecule is CCCCCC#CCCC/C=C/C(=O)O[C@@H]1C[C@H](C)CC[C@H]1C(C)(C)c1ccccc1. The molecule has 2 rings (SSSR count). The van der Waals surface area contributed by atoms with E-state index >= 15 is 0 Å². The molecule has 2 heteroatoms. The molecule has 1 aromatic rings. The van der Waals surface area contributed by atoms with Crippen molar-refractivity contribution in [3.63, 3.8) is 0 Å². The summed E-state index contributed by atoms with van der Waals surface area (Å²) in [5, 5.41) is 0. The van der Waals surface area contributed by atoms with Gasteiger partial charge in [-0.15, -0.1) is 11.8 Å². The second-order valence-electron chi connectivity index (χ2n) is 9.69. The molecule has 1 aliphatic carbocycles. The lowest BCUT2D eigenvalue weighted by molar-refractivity contribution is -0.150. The van der Waals surface area contributed by atoms with Crippen LogP contribution in [0.1, 0.15) is 97.5 Å². The number of carbonyl (C=O) groups is 1. The molecule has 170 valence electrons. The molecule has 0 aromatic heterocycles. The third-order valence-corrected chi connectivity index (χ3v) is 6.72. The van der Waals surface area contributed by atoms with E-state index in [1.165, 1.54) is 31.2 Å². The maximum atomic E-state index is 12.5. The fourth-order valence-corrected chi connectivity index (χ4v) is 4.68. The summed E-state index contributed by atoms with van der Waals surface area (Å²) in [6.45, 7) is 9.07. The molecule has 2 nitrogen and oxygen atoms in total. The van der Waals surface area contributed by atoms with E-state index in [9.17, 15) is 4.79 Å². The lowest BCUT2D eigenvalue weighted by Gasteiger charge is -2.43. The molecule has 0 N–H and O–H groups in total. The largest absolute Gasteiger partial charge is 0.459 e. The molecule has 0 heterocycles. The lowest BCUT2D eigenvalue weighted by atomic mass is 9.64. The maximum absolute atomic E-state index is 12.5. The highest BCUT2D eigenvalue weighted by atomic mass is 16.5. The van der Waals surface area contributed by atoms with Gasteiger partial charge in [-0.1, -0.05) is 83.4 Å². The van der Waals surface area contributed by atoms with E-state index in [4.69, 9.17) is 4.74 Å². The summed E-state index contributed by atoms with van der Waals surface area (Å²) in [5.41, 5.74) is 1.30. The summed E-state index contributed by atoms with van der Waals surface area (Å²) in [6.07, 6.45) is 14.3. The average Bonchev–Trinajstić information content (AvgIpc) is 2.75. The predicted molar refractivity (Wildman–Crippen MR) is 131 cm³/mol. The molecular weight excluding hydrogens is 380 g/mol. The second kappa shape index (κ2) is 13.4. The van der Waals surface area contributed by atoms with Crippen LogP contribution < -0.4 is 0 Å². The first kappa shape index (κ1) is 25.3. The van der Waals surface area contributed by atoms with Gasteiger partial charge >= 0.3 is 5.97 Å². The first-order valence-corrected chi connectivity index (χ1v) is 12.3. The summed E-state index contributed by atoms with van der Waals surface area (Å²) >= 11 is 0. The maximum Gasteiger partial charge on any atom is 0.330 e. The number of esters is 1. The van der Waals surface area contributed by atoms with Crippen LogP contribution in [0, 0.1) is 23.7 Å². The van der Waals surface area contributed by atoms with Crippen molar-refractivity contribution in [1.82, 2.24) is 0 Å². The monoisotopic (exact) mass is 422 g/mol. The minimum atomic E-state index is -0.196. The summed E-state index contributed by atoms with van der Waals surface area (Å²) < 4.78 is 6.01. The van der Waals surface area contributed by atoms with Gasteiger partial charge in [0.05, 0.1) is 0 Å². The van der Waals surface area contributed by atoms with Crippen LogP contribution in [0.15, 0.2) is 42.5 Å². The van der Waals surface area contributed by atoms with Crippen molar-refractivity contribution < 1.29 is 9.53 Å². The molecule has 1 fully saturated rings. The number of unbranched alkanes of at least 4 members (excludes halogenated alkanes) is 5. The van der Waals surface area contributed by atoms with E-state index in [1.54, 1.807) is 6.08 Å². The Bertz CT molecular complexity index is 735. The van der Waals surface area contributed by atoms with Gasteiger partial charge in [-0.3, -0.25) is 0 Å². The van der Waals surface area contributed by atoms with Crippen molar-refractivity contribution in [2.24, 2.45) is 11.8 Å². The van der Waals surface area contributed by atoms with E-state index in [1.807, 2.05) is 6.08 Å². The Hall–Kier alpha value is -2.01. The third kappa shape index (κ3) is 8.56. The van der Waals surface area contributed by atoms with Crippen molar-refractivity contribution in [2.75, 3.05) is 0 Å². The predicted octanol–water partition coefficient (Wildman–Crippen LogP) is 7.62. The van der Waals surface area contributed by atoms with Crippen molar-refractivity contribution in [1.29, 1.82) is 0 Å². The molecule has 1 saturated carbocycles. The van der Waals surface area contributed by atoms with Gasteiger partial charge in [0, 0.05) is 24.8 Å². The Morgan fingerprint density at radius 1 is 1.10 bits per heavy atom. The molecule has 0 saturated heterocycles. The highest BCUT2D eigenvalue weighted by molar-refractivity contribution is 5.82. The Kier molecular flexibility index (Phi) is 10.9. The van der Waals surface area contributed by atoms with E-state index < -0.39 is 0 Å². The van der Waals surface area contributed by atoms with Gasteiger partial charge in [-0.05, 0) is 49.0 Å². The zero-order chi connectivity index (χ0) is 22.5. The van der Waals surface area contributed by atoms with Gasteiger partial charge in [0.2, 0.25) is 0 Å². The van der Waals surface area contributed by atoms with E-state index in [-0.39, 0.29) is 17.5 Å². The quantitative estimate of drug-likeness (QED) is 0.168. The first-order chi connectivity index (χ1) is 14.9. The molecule has 0 bridgehead atoms. The molecular formula is C29H42O2. The summed E-state index contributed by atoms with van der Waals surface area (Å²) in [6, 6.07) is 10.7.